The fourth-order valence-electron chi connectivity index (χ4n) is 5.86. The van der Waals surface area contributed by atoms with Gasteiger partial charge in [-0.05, 0) is 42.9 Å². The van der Waals surface area contributed by atoms with Crippen molar-refractivity contribution in [1.29, 1.82) is 5.26 Å². The highest BCUT2D eigenvalue weighted by molar-refractivity contribution is 7.90. The largest absolute Gasteiger partial charge is 0.466 e. The van der Waals surface area contributed by atoms with E-state index in [1.54, 1.807) is 41.3 Å². The van der Waals surface area contributed by atoms with Crippen LogP contribution in [0.3, 0.4) is 0 Å². The van der Waals surface area contributed by atoms with E-state index in [4.69, 9.17) is 4.74 Å². The van der Waals surface area contributed by atoms with Crippen LogP contribution in [0.15, 0.2) is 53.7 Å². The van der Waals surface area contributed by atoms with Crippen LogP contribution in [0.2, 0.25) is 0 Å². The smallest absolute Gasteiger partial charge is 0.329 e. The summed E-state index contributed by atoms with van der Waals surface area (Å²) in [6.07, 6.45) is 4.62. The second-order valence-electron chi connectivity index (χ2n) is 9.98. The maximum absolute atomic E-state index is 13.3. The van der Waals surface area contributed by atoms with E-state index in [1.165, 1.54) is 23.5 Å². The molecule has 1 saturated heterocycles. The summed E-state index contributed by atoms with van der Waals surface area (Å²) in [5.41, 5.74) is 1.33. The summed E-state index contributed by atoms with van der Waals surface area (Å²) < 4.78 is 36.8. The molecule has 14 heteroatoms. The number of carbonyl (C=O) groups excluding carboxylic acids is 1. The molecule has 6 rings (SSSR count). The Kier molecular flexibility index (Phi) is 6.55. The summed E-state index contributed by atoms with van der Waals surface area (Å²) >= 11 is 1.07. The molecule has 1 aliphatic carbocycles. The number of rotatable bonds is 6. The molecule has 206 valence electrons. The first-order chi connectivity index (χ1) is 19.3. The average molecular weight is 579 g/mol. The second-order valence-corrected chi connectivity index (χ2v) is 12.5. The molecule has 0 radical (unpaired) electrons. The van der Waals surface area contributed by atoms with Crippen LogP contribution >= 0.6 is 11.5 Å². The quantitative estimate of drug-likeness (QED) is 0.364. The molecule has 12 nitrogen and oxygen atoms in total. The Morgan fingerprint density at radius 2 is 1.93 bits per heavy atom. The van der Waals surface area contributed by atoms with Crippen LogP contribution in [0.25, 0.3) is 11.0 Å². The third-order valence-electron chi connectivity index (χ3n) is 7.79. The van der Waals surface area contributed by atoms with E-state index >= 15 is 0 Å². The molecule has 4 heterocycles. The van der Waals surface area contributed by atoms with Gasteiger partial charge in [0.2, 0.25) is 5.13 Å². The Morgan fingerprint density at radius 1 is 1.20 bits per heavy atom. The standard InChI is InChI=1S/C26H26N8O4S2/c1-32(19-10-16-14-33(15-17(16)11-19)26(35)30-25-29-24(38-2)31-39-25)22-18(12-27)13-28-23-21(22)8-9-34(23)40(36,37)20-6-4-3-5-7-20/h3-9,13,16-17,19H,10-11,14-15H2,1-2H3,(H,29,30,31,35). The van der Waals surface area contributed by atoms with Gasteiger partial charge in [0.1, 0.15) is 6.07 Å². The molecule has 0 bridgehead atoms. The monoisotopic (exact) mass is 578 g/mol. The molecule has 2 atom stereocenters. The fourth-order valence-corrected chi connectivity index (χ4v) is 7.71. The van der Waals surface area contributed by atoms with Gasteiger partial charge in [-0.25, -0.2) is 22.2 Å². The SMILES string of the molecule is COc1nsc(NC(=O)N2CC3CC(N(C)c4c(C#N)cnc5c4ccn5S(=O)(=O)c4ccccc4)CC3C2)n1. The zero-order valence-electron chi connectivity index (χ0n) is 21.8. The molecule has 1 N–H and O–H groups in total. The number of hydrogen-bond donors (Lipinski definition) is 1. The van der Waals surface area contributed by atoms with E-state index in [1.807, 2.05) is 7.05 Å². The number of aromatic nitrogens is 4. The minimum Gasteiger partial charge on any atom is -0.466 e. The van der Waals surface area contributed by atoms with Crippen LogP contribution in [-0.4, -0.2) is 71.0 Å². The second kappa shape index (κ2) is 10.1. The molecule has 0 spiro atoms. The lowest BCUT2D eigenvalue weighted by molar-refractivity contribution is 0.218. The van der Waals surface area contributed by atoms with Crippen molar-refractivity contribution in [3.05, 3.63) is 54.4 Å². The maximum atomic E-state index is 13.3. The number of carbonyl (C=O) groups is 1. The van der Waals surface area contributed by atoms with Gasteiger partial charge in [-0.15, -0.1) is 4.37 Å². The molecular weight excluding hydrogens is 552 g/mol. The number of pyridine rings is 1. The summed E-state index contributed by atoms with van der Waals surface area (Å²) in [4.78, 5) is 25.3. The topological polar surface area (TPSA) is 146 Å². The normalized spacial score (nSPS) is 20.3. The lowest BCUT2D eigenvalue weighted by Gasteiger charge is -2.29. The Balaban J connectivity index is 1.21. The van der Waals surface area contributed by atoms with Crippen LogP contribution in [0.5, 0.6) is 6.01 Å². The first-order valence-electron chi connectivity index (χ1n) is 12.7. The summed E-state index contributed by atoms with van der Waals surface area (Å²) in [5.74, 6) is 0.626. The number of fused-ring (bicyclic) bond motifs is 2. The number of nitrogens with zero attached hydrogens (tertiary/aromatic N) is 7. The van der Waals surface area contributed by atoms with Crippen LogP contribution < -0.4 is 15.0 Å². The summed E-state index contributed by atoms with van der Waals surface area (Å²) in [6, 6.07) is 12.3. The molecule has 1 aromatic carbocycles. The lowest BCUT2D eigenvalue weighted by atomic mass is 10.0. The van der Waals surface area contributed by atoms with E-state index in [2.05, 4.69) is 30.6 Å². The number of benzene rings is 1. The summed E-state index contributed by atoms with van der Waals surface area (Å²) in [7, 11) is -0.442. The summed E-state index contributed by atoms with van der Waals surface area (Å²) in [6.45, 7) is 1.25. The Bertz CT molecular complexity index is 1720. The van der Waals surface area contributed by atoms with Gasteiger partial charge < -0.3 is 14.5 Å². The summed E-state index contributed by atoms with van der Waals surface area (Å²) in [5, 5.41) is 13.7. The van der Waals surface area contributed by atoms with Gasteiger partial charge in [-0.2, -0.15) is 10.2 Å². The van der Waals surface area contributed by atoms with Crippen molar-refractivity contribution in [2.45, 2.75) is 23.8 Å². The van der Waals surface area contributed by atoms with Crippen LogP contribution in [0.1, 0.15) is 18.4 Å². The minimum absolute atomic E-state index is 0.124. The first kappa shape index (κ1) is 26.0. The molecule has 4 aromatic rings. The number of methoxy groups -OCH3 is 1. The van der Waals surface area contributed by atoms with Crippen LogP contribution in [-0.2, 0) is 10.0 Å². The predicted octanol–water partition coefficient (Wildman–Crippen LogP) is 3.38. The number of ether oxygens (including phenoxy) is 1. The maximum Gasteiger partial charge on any atom is 0.329 e. The highest BCUT2D eigenvalue weighted by atomic mass is 32.2. The first-order valence-corrected chi connectivity index (χ1v) is 14.9. The van der Waals surface area contributed by atoms with Gasteiger partial charge in [-0.1, -0.05) is 18.2 Å². The molecule has 1 aliphatic heterocycles. The van der Waals surface area contributed by atoms with Crippen molar-refractivity contribution in [3.8, 4) is 12.1 Å². The molecular formula is C26H26N8O4S2. The van der Waals surface area contributed by atoms with Crippen LogP contribution in [0, 0.1) is 23.2 Å². The predicted molar refractivity (Wildman–Crippen MR) is 149 cm³/mol. The number of urea groups is 1. The number of amides is 2. The van der Waals surface area contributed by atoms with E-state index < -0.39 is 10.0 Å². The number of nitrogens with one attached hydrogen (secondary N) is 1. The highest BCUT2D eigenvalue weighted by Crippen LogP contribution is 2.43. The molecule has 40 heavy (non-hydrogen) atoms. The molecule has 2 aliphatic rings. The Hall–Kier alpha value is -4.22. The third kappa shape index (κ3) is 4.40. The number of nitriles is 1. The van der Waals surface area contributed by atoms with Gasteiger partial charge >= 0.3 is 12.0 Å². The Morgan fingerprint density at radius 3 is 2.58 bits per heavy atom. The molecule has 3 aromatic heterocycles. The van der Waals surface area contributed by atoms with Crippen molar-refractivity contribution in [1.82, 2.24) is 23.2 Å². The zero-order chi connectivity index (χ0) is 28.0. The van der Waals surface area contributed by atoms with Gasteiger partial charge in [0.05, 0.1) is 23.3 Å². The van der Waals surface area contributed by atoms with Crippen molar-refractivity contribution in [3.63, 3.8) is 0 Å². The van der Waals surface area contributed by atoms with E-state index in [-0.39, 0.29) is 28.6 Å². The van der Waals surface area contributed by atoms with Gasteiger partial charge in [0, 0.05) is 55.5 Å². The molecule has 2 unspecified atom stereocenters. The van der Waals surface area contributed by atoms with Gasteiger partial charge in [0.25, 0.3) is 10.0 Å². The Labute approximate surface area is 235 Å². The van der Waals surface area contributed by atoms with E-state index in [0.29, 0.717) is 46.7 Å². The number of hydrogen-bond acceptors (Lipinski definition) is 10. The molecule has 2 amide bonds. The number of anilines is 2. The van der Waals surface area contributed by atoms with Gasteiger partial charge in [0.15, 0.2) is 5.65 Å². The van der Waals surface area contributed by atoms with E-state index in [0.717, 1.165) is 24.4 Å². The number of likely N-dealkylation sites (tertiary alicyclic amines) is 1. The molecule has 2 fully saturated rings. The minimum atomic E-state index is -3.86. The highest BCUT2D eigenvalue weighted by Gasteiger charge is 2.44. The zero-order valence-corrected chi connectivity index (χ0v) is 23.4. The lowest BCUT2D eigenvalue weighted by Crippen LogP contribution is -2.36. The van der Waals surface area contributed by atoms with Crippen molar-refractivity contribution >= 4 is 49.4 Å². The third-order valence-corrected chi connectivity index (χ3v) is 10.1. The van der Waals surface area contributed by atoms with Gasteiger partial charge in [-0.3, -0.25) is 5.32 Å². The van der Waals surface area contributed by atoms with Crippen molar-refractivity contribution in [2.24, 2.45) is 11.8 Å². The molecule has 1 saturated carbocycles. The fraction of sp³-hybridized carbons (Fsp3) is 0.346. The van der Waals surface area contributed by atoms with E-state index in [9.17, 15) is 18.5 Å². The average Bonchev–Trinajstić information content (AvgIpc) is 3.75. The van der Waals surface area contributed by atoms with Crippen molar-refractivity contribution < 1.29 is 17.9 Å². The van der Waals surface area contributed by atoms with Crippen LogP contribution in [0.4, 0.5) is 15.6 Å². The van der Waals surface area contributed by atoms with Crippen molar-refractivity contribution in [2.75, 3.05) is 37.5 Å².